The molecule has 0 atom stereocenters. The fourth-order valence-electron chi connectivity index (χ4n) is 2.24. The topological polar surface area (TPSA) is 70.2 Å². The smallest absolute Gasteiger partial charge is 0.289 e. The average molecular weight is 291 g/mol. The quantitative estimate of drug-likeness (QED) is 0.618. The molecule has 6 heteroatoms. The minimum Gasteiger partial charge on any atom is -0.370 e. The second-order valence-electron chi connectivity index (χ2n) is 5.42. The molecule has 1 aliphatic rings. The van der Waals surface area contributed by atoms with Gasteiger partial charge in [0.1, 0.15) is 11.6 Å². The van der Waals surface area contributed by atoms with Crippen molar-refractivity contribution in [3.05, 3.63) is 33.9 Å². The van der Waals surface area contributed by atoms with Crippen LogP contribution in [0.25, 0.3) is 0 Å². The molecule has 1 heterocycles. The van der Waals surface area contributed by atoms with Gasteiger partial charge in [-0.05, 0) is 18.6 Å². The van der Waals surface area contributed by atoms with Gasteiger partial charge in [0, 0.05) is 35.3 Å². The molecule has 0 saturated carbocycles. The molecule has 0 N–H and O–H groups in total. The second kappa shape index (κ2) is 5.71. The Balaban J connectivity index is 2.27. The monoisotopic (exact) mass is 291 g/mol. The summed E-state index contributed by atoms with van der Waals surface area (Å²) in [6.45, 7) is 6.20. The van der Waals surface area contributed by atoms with Crippen LogP contribution in [0.3, 0.4) is 0 Å². The van der Waals surface area contributed by atoms with E-state index in [1.165, 1.54) is 12.1 Å². The van der Waals surface area contributed by atoms with Crippen LogP contribution in [0, 0.1) is 21.4 Å². The zero-order chi connectivity index (χ0) is 14.8. The Bertz CT molecular complexity index is 566. The molecular formula is C14H17N3O2S. The van der Waals surface area contributed by atoms with Crippen molar-refractivity contribution in [1.29, 1.82) is 5.26 Å². The van der Waals surface area contributed by atoms with Gasteiger partial charge in [0.15, 0.2) is 0 Å². The second-order valence-corrected chi connectivity index (χ2v) is 7.22. The van der Waals surface area contributed by atoms with Crippen molar-refractivity contribution >= 4 is 23.1 Å². The first kappa shape index (κ1) is 14.7. The van der Waals surface area contributed by atoms with E-state index >= 15 is 0 Å². The van der Waals surface area contributed by atoms with Crippen molar-refractivity contribution in [3.63, 3.8) is 0 Å². The van der Waals surface area contributed by atoms with Gasteiger partial charge < -0.3 is 4.90 Å². The van der Waals surface area contributed by atoms with Gasteiger partial charge in [-0.1, -0.05) is 13.8 Å². The molecular weight excluding hydrogens is 274 g/mol. The molecule has 0 amide bonds. The van der Waals surface area contributed by atoms with Crippen molar-refractivity contribution in [2.24, 2.45) is 0 Å². The number of hydrogen-bond donors (Lipinski definition) is 0. The van der Waals surface area contributed by atoms with Crippen LogP contribution in [-0.2, 0) is 0 Å². The van der Waals surface area contributed by atoms with Gasteiger partial charge in [-0.3, -0.25) is 10.1 Å². The molecule has 0 bridgehead atoms. The molecule has 1 fully saturated rings. The SMILES string of the molecule is CC1(C)CCN(c2ccc(C#N)c([N+](=O)[O-])c2)CCS1. The summed E-state index contributed by atoms with van der Waals surface area (Å²) in [6, 6.07) is 6.72. The highest BCUT2D eigenvalue weighted by atomic mass is 32.2. The number of hydrogen-bond acceptors (Lipinski definition) is 5. The van der Waals surface area contributed by atoms with E-state index in [9.17, 15) is 10.1 Å². The van der Waals surface area contributed by atoms with E-state index in [1.807, 2.05) is 17.8 Å². The molecule has 0 spiro atoms. The van der Waals surface area contributed by atoms with Crippen molar-refractivity contribution in [2.75, 3.05) is 23.7 Å². The summed E-state index contributed by atoms with van der Waals surface area (Å²) >= 11 is 1.93. The van der Waals surface area contributed by atoms with Crippen molar-refractivity contribution in [1.82, 2.24) is 0 Å². The number of nitrogens with zero attached hydrogens (tertiary/aromatic N) is 3. The van der Waals surface area contributed by atoms with Gasteiger partial charge in [0.25, 0.3) is 5.69 Å². The third kappa shape index (κ3) is 3.23. The number of nitro benzene ring substituents is 1. The molecule has 20 heavy (non-hydrogen) atoms. The number of benzene rings is 1. The minimum absolute atomic E-state index is 0.110. The Hall–Kier alpha value is -1.74. The first-order chi connectivity index (χ1) is 9.43. The Morgan fingerprint density at radius 2 is 2.20 bits per heavy atom. The number of thioether (sulfide) groups is 1. The highest BCUT2D eigenvalue weighted by Gasteiger charge is 2.25. The minimum atomic E-state index is -0.488. The summed E-state index contributed by atoms with van der Waals surface area (Å²) in [4.78, 5) is 12.7. The zero-order valence-corrected chi connectivity index (χ0v) is 12.4. The summed E-state index contributed by atoms with van der Waals surface area (Å²) in [7, 11) is 0. The standard InChI is InChI=1S/C14H17N3O2S/c1-14(2)5-6-16(7-8-20-14)12-4-3-11(10-15)13(9-12)17(18)19/h3-4,9H,5-8H2,1-2H3. The lowest BCUT2D eigenvalue weighted by Gasteiger charge is -2.24. The van der Waals surface area contributed by atoms with Crippen LogP contribution in [0.2, 0.25) is 0 Å². The summed E-state index contributed by atoms with van der Waals surface area (Å²) in [5.41, 5.74) is 0.832. The molecule has 106 valence electrons. The largest absolute Gasteiger partial charge is 0.370 e. The van der Waals surface area contributed by atoms with Gasteiger partial charge in [-0.2, -0.15) is 17.0 Å². The van der Waals surface area contributed by atoms with E-state index in [1.54, 1.807) is 6.07 Å². The fourth-order valence-corrected chi connectivity index (χ4v) is 3.34. The van der Waals surface area contributed by atoms with Crippen LogP contribution < -0.4 is 4.90 Å². The lowest BCUT2D eigenvalue weighted by molar-refractivity contribution is -0.385. The lowest BCUT2D eigenvalue weighted by atomic mass is 10.1. The van der Waals surface area contributed by atoms with Gasteiger partial charge in [0.2, 0.25) is 0 Å². The number of anilines is 1. The van der Waals surface area contributed by atoms with Gasteiger partial charge >= 0.3 is 0 Å². The van der Waals surface area contributed by atoms with Gasteiger partial charge in [0.05, 0.1) is 4.92 Å². The average Bonchev–Trinajstić information content (AvgIpc) is 2.59. The van der Waals surface area contributed by atoms with Crippen LogP contribution >= 0.6 is 11.8 Å². The van der Waals surface area contributed by atoms with E-state index in [-0.39, 0.29) is 16.0 Å². The summed E-state index contributed by atoms with van der Waals surface area (Å²) in [5.74, 6) is 1.00. The number of nitriles is 1. The molecule has 1 aliphatic heterocycles. The van der Waals surface area contributed by atoms with E-state index in [0.717, 1.165) is 31.0 Å². The Labute approximate surface area is 122 Å². The Morgan fingerprint density at radius 1 is 1.45 bits per heavy atom. The van der Waals surface area contributed by atoms with Crippen LogP contribution in [0.1, 0.15) is 25.8 Å². The first-order valence-corrected chi connectivity index (χ1v) is 7.49. The van der Waals surface area contributed by atoms with Crippen LogP contribution in [0.4, 0.5) is 11.4 Å². The van der Waals surface area contributed by atoms with Crippen LogP contribution in [-0.4, -0.2) is 28.5 Å². The molecule has 0 radical (unpaired) electrons. The summed E-state index contributed by atoms with van der Waals surface area (Å²) < 4.78 is 0.243. The van der Waals surface area contributed by atoms with E-state index in [0.29, 0.717) is 0 Å². The molecule has 0 aliphatic carbocycles. The molecule has 1 aromatic carbocycles. The number of nitro groups is 1. The lowest BCUT2D eigenvalue weighted by Crippen LogP contribution is -2.26. The molecule has 2 rings (SSSR count). The number of rotatable bonds is 2. The maximum atomic E-state index is 11.0. The highest BCUT2D eigenvalue weighted by Crippen LogP contribution is 2.33. The van der Waals surface area contributed by atoms with Gasteiger partial charge in [-0.15, -0.1) is 0 Å². The summed E-state index contributed by atoms with van der Waals surface area (Å²) in [5, 5.41) is 19.9. The van der Waals surface area contributed by atoms with Crippen LogP contribution in [0.15, 0.2) is 18.2 Å². The Morgan fingerprint density at radius 3 is 2.85 bits per heavy atom. The predicted octanol–water partition coefficient (Wildman–Crippen LogP) is 3.19. The molecule has 0 aromatic heterocycles. The molecule has 5 nitrogen and oxygen atoms in total. The van der Waals surface area contributed by atoms with E-state index in [4.69, 9.17) is 5.26 Å². The Kier molecular flexibility index (Phi) is 4.19. The normalized spacial score (nSPS) is 18.1. The highest BCUT2D eigenvalue weighted by molar-refractivity contribution is 8.00. The molecule has 1 saturated heterocycles. The van der Waals surface area contributed by atoms with Crippen LogP contribution in [0.5, 0.6) is 0 Å². The van der Waals surface area contributed by atoms with Gasteiger partial charge in [-0.25, -0.2) is 0 Å². The van der Waals surface area contributed by atoms with Crippen molar-refractivity contribution < 1.29 is 4.92 Å². The van der Waals surface area contributed by atoms with E-state index in [2.05, 4.69) is 18.7 Å². The zero-order valence-electron chi connectivity index (χ0n) is 11.6. The fraction of sp³-hybridized carbons (Fsp3) is 0.500. The summed E-state index contributed by atoms with van der Waals surface area (Å²) in [6.07, 6.45) is 1.03. The van der Waals surface area contributed by atoms with Crippen molar-refractivity contribution in [3.8, 4) is 6.07 Å². The van der Waals surface area contributed by atoms with E-state index < -0.39 is 4.92 Å². The molecule has 0 unspecified atom stereocenters. The predicted molar refractivity (Wildman–Crippen MR) is 81.2 cm³/mol. The third-order valence-corrected chi connectivity index (χ3v) is 4.87. The maximum absolute atomic E-state index is 11.0. The van der Waals surface area contributed by atoms with Crippen molar-refractivity contribution in [2.45, 2.75) is 25.0 Å². The molecule has 1 aromatic rings. The third-order valence-electron chi connectivity index (χ3n) is 3.50. The maximum Gasteiger partial charge on any atom is 0.289 e. The first-order valence-electron chi connectivity index (χ1n) is 6.50.